The molecule has 2 unspecified atom stereocenters. The van der Waals surface area contributed by atoms with E-state index < -0.39 is 47.7 Å². The Morgan fingerprint density at radius 3 is 2.09 bits per heavy atom. The quantitative estimate of drug-likeness (QED) is 0.780. The fourth-order valence-electron chi connectivity index (χ4n) is 1.83. The Hall–Kier alpha value is -1.25. The normalized spacial score (nSPS) is 15.5. The van der Waals surface area contributed by atoms with Gasteiger partial charge in [-0.3, -0.25) is 5.32 Å². The highest BCUT2D eigenvalue weighted by molar-refractivity contribution is 5.24. The molecule has 0 aliphatic heterocycles. The number of benzene rings is 1. The van der Waals surface area contributed by atoms with Gasteiger partial charge in [0.2, 0.25) is 0 Å². The Bertz CT molecular complexity index is 493. The molecule has 0 aromatic heterocycles. The molecule has 2 atom stereocenters. The molecule has 0 radical (unpaired) electrons. The highest BCUT2D eigenvalue weighted by Crippen LogP contribution is 2.35. The molecule has 0 saturated carbocycles. The predicted octanol–water partition coefficient (Wildman–Crippen LogP) is 3.33. The van der Waals surface area contributed by atoms with Gasteiger partial charge in [0.25, 0.3) is 0 Å². The monoisotopic (exact) mass is 341 g/mol. The van der Waals surface area contributed by atoms with Crippen LogP contribution in [0.4, 0.5) is 22.0 Å². The summed E-state index contributed by atoms with van der Waals surface area (Å²) in [5.41, 5.74) is -1.69. The van der Waals surface area contributed by atoms with E-state index in [1.54, 1.807) is 20.8 Å². The van der Waals surface area contributed by atoms with Crippen molar-refractivity contribution in [2.24, 2.45) is 0 Å². The third kappa shape index (κ3) is 6.40. The molecule has 0 aliphatic rings. The van der Waals surface area contributed by atoms with Gasteiger partial charge in [0.05, 0.1) is 18.3 Å². The second-order valence-corrected chi connectivity index (χ2v) is 6.10. The molecule has 0 amide bonds. The number of alkyl halides is 3. The van der Waals surface area contributed by atoms with Crippen LogP contribution in [0.25, 0.3) is 0 Å². The van der Waals surface area contributed by atoms with Crippen molar-refractivity contribution in [2.75, 3.05) is 13.2 Å². The van der Waals surface area contributed by atoms with E-state index in [-0.39, 0.29) is 6.61 Å². The van der Waals surface area contributed by atoms with Crippen LogP contribution in [0.15, 0.2) is 18.2 Å². The van der Waals surface area contributed by atoms with Crippen molar-refractivity contribution in [3.8, 4) is 0 Å². The number of hydrogen-bond acceptors (Lipinski definition) is 3. The van der Waals surface area contributed by atoms with Gasteiger partial charge in [-0.1, -0.05) is 6.07 Å². The largest absolute Gasteiger partial charge is 0.408 e. The number of rotatable bonds is 6. The Balaban J connectivity index is 2.82. The first kappa shape index (κ1) is 19.8. The van der Waals surface area contributed by atoms with Gasteiger partial charge in [-0.15, -0.1) is 0 Å². The van der Waals surface area contributed by atoms with E-state index in [4.69, 9.17) is 4.74 Å². The molecule has 0 spiro atoms. The van der Waals surface area contributed by atoms with E-state index >= 15 is 0 Å². The maximum atomic E-state index is 13.6. The van der Waals surface area contributed by atoms with Crippen LogP contribution in [0.5, 0.6) is 0 Å². The minimum Gasteiger partial charge on any atom is -0.389 e. The molecule has 2 N–H and O–H groups in total. The molecule has 8 heteroatoms. The van der Waals surface area contributed by atoms with Crippen LogP contribution >= 0.6 is 0 Å². The first-order chi connectivity index (χ1) is 10.4. The van der Waals surface area contributed by atoms with Crippen LogP contribution < -0.4 is 5.32 Å². The molecule has 0 heterocycles. The molecular weight excluding hydrogens is 321 g/mol. The van der Waals surface area contributed by atoms with Gasteiger partial charge in [-0.05, 0) is 32.9 Å². The second kappa shape index (κ2) is 7.55. The Morgan fingerprint density at radius 1 is 1.13 bits per heavy atom. The summed E-state index contributed by atoms with van der Waals surface area (Å²) in [6.45, 7) is 4.43. The molecule has 1 rings (SSSR count). The number of halogens is 5. The van der Waals surface area contributed by atoms with Gasteiger partial charge in [0.1, 0.15) is 17.7 Å². The first-order valence-electron chi connectivity index (χ1n) is 6.98. The highest BCUT2D eigenvalue weighted by atomic mass is 19.4. The van der Waals surface area contributed by atoms with E-state index in [1.807, 2.05) is 5.32 Å². The summed E-state index contributed by atoms with van der Waals surface area (Å²) < 4.78 is 71.7. The molecule has 0 saturated heterocycles. The second-order valence-electron chi connectivity index (χ2n) is 6.10. The van der Waals surface area contributed by atoms with Crippen LogP contribution in [0.2, 0.25) is 0 Å². The molecule has 0 aliphatic carbocycles. The average Bonchev–Trinajstić information content (AvgIpc) is 2.37. The minimum absolute atomic E-state index is 0.208. The standard InChI is InChI=1S/C15H20F5NO2/c1-14(2,3)23-8-9(22)7-21-13(15(18,19)20)12-10(16)5-4-6-11(12)17/h4-6,9,13,21-22H,7-8H2,1-3H3. The Labute approximate surface area is 131 Å². The fourth-order valence-corrected chi connectivity index (χ4v) is 1.83. The zero-order valence-corrected chi connectivity index (χ0v) is 13.0. The van der Waals surface area contributed by atoms with Gasteiger partial charge in [0, 0.05) is 12.1 Å². The number of hydrogen-bond donors (Lipinski definition) is 2. The van der Waals surface area contributed by atoms with Crippen molar-refractivity contribution in [1.29, 1.82) is 0 Å². The average molecular weight is 341 g/mol. The number of ether oxygens (including phenoxy) is 1. The van der Waals surface area contributed by atoms with Crippen molar-refractivity contribution in [1.82, 2.24) is 5.32 Å². The van der Waals surface area contributed by atoms with Gasteiger partial charge in [0.15, 0.2) is 0 Å². The summed E-state index contributed by atoms with van der Waals surface area (Å²) in [5, 5.41) is 11.6. The van der Waals surface area contributed by atoms with E-state index in [9.17, 15) is 27.1 Å². The third-order valence-electron chi connectivity index (χ3n) is 2.88. The first-order valence-corrected chi connectivity index (χ1v) is 6.98. The predicted molar refractivity (Wildman–Crippen MR) is 74.9 cm³/mol. The van der Waals surface area contributed by atoms with E-state index in [0.29, 0.717) is 0 Å². The summed E-state index contributed by atoms with van der Waals surface area (Å²) in [5.74, 6) is -2.61. The molecule has 0 bridgehead atoms. The zero-order chi connectivity index (χ0) is 17.8. The van der Waals surface area contributed by atoms with Crippen LogP contribution in [-0.2, 0) is 4.74 Å². The topological polar surface area (TPSA) is 41.5 Å². The van der Waals surface area contributed by atoms with Gasteiger partial charge >= 0.3 is 6.18 Å². The lowest BCUT2D eigenvalue weighted by molar-refractivity contribution is -0.160. The van der Waals surface area contributed by atoms with E-state index in [0.717, 1.165) is 18.2 Å². The van der Waals surface area contributed by atoms with Crippen LogP contribution in [-0.4, -0.2) is 36.1 Å². The van der Waals surface area contributed by atoms with Crippen molar-refractivity contribution in [2.45, 2.75) is 44.7 Å². The lowest BCUT2D eigenvalue weighted by Crippen LogP contribution is -2.41. The number of aliphatic hydroxyl groups excluding tert-OH is 1. The van der Waals surface area contributed by atoms with Crippen molar-refractivity contribution in [3.05, 3.63) is 35.4 Å². The van der Waals surface area contributed by atoms with Gasteiger partial charge in [-0.2, -0.15) is 13.2 Å². The van der Waals surface area contributed by atoms with Crippen molar-refractivity contribution >= 4 is 0 Å². The summed E-state index contributed by atoms with van der Waals surface area (Å²) in [6, 6.07) is -0.0863. The van der Waals surface area contributed by atoms with Crippen molar-refractivity contribution < 1.29 is 31.8 Å². The zero-order valence-electron chi connectivity index (χ0n) is 13.0. The summed E-state index contributed by atoms with van der Waals surface area (Å²) >= 11 is 0. The van der Waals surface area contributed by atoms with E-state index in [1.165, 1.54) is 0 Å². The molecule has 132 valence electrons. The number of aliphatic hydroxyl groups is 1. The Morgan fingerprint density at radius 2 is 1.65 bits per heavy atom. The molecule has 0 fully saturated rings. The SMILES string of the molecule is CC(C)(C)OCC(O)CNC(c1c(F)cccc1F)C(F)(F)F. The molecule has 1 aromatic rings. The van der Waals surface area contributed by atoms with Crippen LogP contribution in [0.1, 0.15) is 32.4 Å². The summed E-state index contributed by atoms with van der Waals surface area (Å²) in [4.78, 5) is 0. The van der Waals surface area contributed by atoms with Gasteiger partial charge in [-0.25, -0.2) is 8.78 Å². The molecule has 23 heavy (non-hydrogen) atoms. The van der Waals surface area contributed by atoms with Gasteiger partial charge < -0.3 is 9.84 Å². The highest BCUT2D eigenvalue weighted by Gasteiger charge is 2.43. The lowest BCUT2D eigenvalue weighted by atomic mass is 10.0. The molecule has 1 aromatic carbocycles. The maximum Gasteiger partial charge on any atom is 0.408 e. The molecular formula is C15H20F5NO2. The molecule has 3 nitrogen and oxygen atoms in total. The minimum atomic E-state index is -4.92. The summed E-state index contributed by atoms with van der Waals surface area (Å²) in [6.07, 6.45) is -6.18. The lowest BCUT2D eigenvalue weighted by Gasteiger charge is -2.26. The smallest absolute Gasteiger partial charge is 0.389 e. The maximum absolute atomic E-state index is 13.6. The summed E-state index contributed by atoms with van der Waals surface area (Å²) in [7, 11) is 0. The number of nitrogens with one attached hydrogen (secondary N) is 1. The third-order valence-corrected chi connectivity index (χ3v) is 2.88. The van der Waals surface area contributed by atoms with Crippen LogP contribution in [0.3, 0.4) is 0 Å². The van der Waals surface area contributed by atoms with Crippen LogP contribution in [0, 0.1) is 11.6 Å². The van der Waals surface area contributed by atoms with Crippen molar-refractivity contribution in [3.63, 3.8) is 0 Å². The fraction of sp³-hybridized carbons (Fsp3) is 0.600. The van der Waals surface area contributed by atoms with E-state index in [2.05, 4.69) is 0 Å². The Kier molecular flexibility index (Phi) is 6.49.